The van der Waals surface area contributed by atoms with Gasteiger partial charge in [-0.15, -0.1) is 0 Å². The molecular formula is C37H56O9Si. The van der Waals surface area contributed by atoms with E-state index in [-0.39, 0.29) is 13.2 Å². The molecule has 3 fully saturated rings. The summed E-state index contributed by atoms with van der Waals surface area (Å²) in [4.78, 5) is 0. The number of aliphatic hydroxyl groups excluding tert-OH is 1. The van der Waals surface area contributed by atoms with Crippen molar-refractivity contribution < 1.29 is 42.7 Å². The highest BCUT2D eigenvalue weighted by molar-refractivity contribution is 6.77. The van der Waals surface area contributed by atoms with E-state index in [1.807, 2.05) is 81.4 Å². The molecule has 0 amide bonds. The lowest BCUT2D eigenvalue weighted by molar-refractivity contribution is -0.334. The predicted molar refractivity (Wildman–Crippen MR) is 181 cm³/mol. The van der Waals surface area contributed by atoms with E-state index in [0.29, 0.717) is 23.2 Å². The summed E-state index contributed by atoms with van der Waals surface area (Å²) >= 11 is 0. The van der Waals surface area contributed by atoms with Gasteiger partial charge in [-0.25, -0.2) is 0 Å². The molecule has 47 heavy (non-hydrogen) atoms. The first-order valence-corrected chi connectivity index (χ1v) is 19.4. The Kier molecular flexibility index (Phi) is 12.0. The maximum atomic E-state index is 11.6. The fourth-order valence-corrected chi connectivity index (χ4v) is 13.1. The molecule has 5 rings (SSSR count). The fourth-order valence-electron chi connectivity index (χ4n) is 7.70. The number of aliphatic hydroxyl groups is 1. The van der Waals surface area contributed by atoms with Crippen LogP contribution in [0.25, 0.3) is 0 Å². The first-order valence-electron chi connectivity index (χ1n) is 17.3. The van der Waals surface area contributed by atoms with Crippen LogP contribution < -0.4 is 0 Å². The molecule has 0 aromatic heterocycles. The van der Waals surface area contributed by atoms with Crippen LogP contribution in [-0.4, -0.2) is 81.1 Å². The van der Waals surface area contributed by atoms with Crippen LogP contribution in [-0.2, 0) is 50.8 Å². The van der Waals surface area contributed by atoms with Crippen molar-refractivity contribution in [3.63, 3.8) is 0 Å². The average molecular weight is 673 g/mol. The Labute approximate surface area is 282 Å². The molecule has 3 saturated heterocycles. The van der Waals surface area contributed by atoms with Crippen molar-refractivity contribution in [1.82, 2.24) is 0 Å². The third-order valence-corrected chi connectivity index (χ3v) is 15.9. The van der Waals surface area contributed by atoms with Gasteiger partial charge in [0.1, 0.15) is 36.6 Å². The standard InChI is InChI=1S/C37H56O9Si/c1-23(2)47(24(3)4,25(5)6)46-36-34-33(44-37(8,9)45-34)31(26(7)42-36)43-35-32(40-21-28-18-14-11-15-19-28)30(38)29(22-41-35)39-20-27-16-12-10-13-17-27/h10-19,23-26,29-36,38H,20-22H2,1-9H3/t26-,29-,30?,31+,32?,33?,34?,35+,36+/m1/s1. The molecule has 0 radical (unpaired) electrons. The zero-order valence-electron chi connectivity index (χ0n) is 29.5. The van der Waals surface area contributed by atoms with Crippen molar-refractivity contribution in [2.24, 2.45) is 0 Å². The average Bonchev–Trinajstić information content (AvgIpc) is 3.36. The SMILES string of the molecule is CC(C)[Si](O[C@@H]1O[C@H](C)[C@H](O[C@@H]2OC[C@@H](OCc3ccccc3)C(O)C2OCc2ccccc2)C2OC(C)(C)OC21)(C(C)C)C(C)C. The van der Waals surface area contributed by atoms with Gasteiger partial charge in [-0.05, 0) is 48.5 Å². The van der Waals surface area contributed by atoms with Crippen LogP contribution in [0.1, 0.15) is 73.4 Å². The Bertz CT molecular complexity index is 1220. The highest BCUT2D eigenvalue weighted by atomic mass is 28.4. The minimum atomic E-state index is -2.31. The zero-order valence-corrected chi connectivity index (χ0v) is 30.5. The Morgan fingerprint density at radius 1 is 0.766 bits per heavy atom. The van der Waals surface area contributed by atoms with E-state index in [0.717, 1.165) is 11.1 Å². The van der Waals surface area contributed by atoms with E-state index >= 15 is 0 Å². The predicted octanol–water partition coefficient (Wildman–Crippen LogP) is 6.72. The second-order valence-corrected chi connectivity index (χ2v) is 20.0. The van der Waals surface area contributed by atoms with Gasteiger partial charge in [-0.1, -0.05) is 102 Å². The van der Waals surface area contributed by atoms with Crippen LogP contribution in [0.3, 0.4) is 0 Å². The first kappa shape index (κ1) is 36.6. The van der Waals surface area contributed by atoms with Gasteiger partial charge in [-0.3, -0.25) is 0 Å². The molecule has 3 heterocycles. The Morgan fingerprint density at radius 3 is 1.85 bits per heavy atom. The quantitative estimate of drug-likeness (QED) is 0.233. The van der Waals surface area contributed by atoms with Crippen LogP contribution in [0.2, 0.25) is 16.6 Å². The van der Waals surface area contributed by atoms with E-state index in [1.54, 1.807) is 0 Å². The summed E-state index contributed by atoms with van der Waals surface area (Å²) in [6.07, 6.45) is -5.92. The molecule has 0 bridgehead atoms. The van der Waals surface area contributed by atoms with E-state index in [4.69, 9.17) is 37.6 Å². The molecule has 0 aliphatic carbocycles. The second kappa shape index (κ2) is 15.5. The van der Waals surface area contributed by atoms with Crippen molar-refractivity contribution in [3.05, 3.63) is 71.8 Å². The van der Waals surface area contributed by atoms with Crippen LogP contribution in [0.15, 0.2) is 60.7 Å². The van der Waals surface area contributed by atoms with Crippen molar-refractivity contribution in [3.8, 4) is 0 Å². The number of rotatable bonds is 13. The molecule has 2 aromatic carbocycles. The number of hydrogen-bond acceptors (Lipinski definition) is 9. The molecule has 1 N–H and O–H groups in total. The summed E-state index contributed by atoms with van der Waals surface area (Å²) in [5.41, 5.74) is 3.11. The molecule has 0 spiro atoms. The monoisotopic (exact) mass is 672 g/mol. The van der Waals surface area contributed by atoms with Crippen LogP contribution in [0, 0.1) is 0 Å². The lowest BCUT2D eigenvalue weighted by atomic mass is 9.99. The molecule has 9 atom stereocenters. The molecule has 9 nitrogen and oxygen atoms in total. The van der Waals surface area contributed by atoms with Crippen molar-refractivity contribution in [2.75, 3.05) is 6.61 Å². The summed E-state index contributed by atoms with van der Waals surface area (Å²) in [5, 5.41) is 11.6. The first-order chi connectivity index (χ1) is 22.3. The smallest absolute Gasteiger partial charge is 0.203 e. The minimum absolute atomic E-state index is 0.139. The summed E-state index contributed by atoms with van der Waals surface area (Å²) in [7, 11) is -2.31. The van der Waals surface area contributed by atoms with Crippen molar-refractivity contribution in [1.29, 1.82) is 0 Å². The van der Waals surface area contributed by atoms with E-state index in [2.05, 4.69) is 41.5 Å². The summed E-state index contributed by atoms with van der Waals surface area (Å²) in [5.74, 6) is -0.865. The van der Waals surface area contributed by atoms with Gasteiger partial charge in [-0.2, -0.15) is 0 Å². The maximum Gasteiger partial charge on any atom is 0.203 e. The fraction of sp³-hybridized carbons (Fsp3) is 0.676. The molecule has 2 aromatic rings. The van der Waals surface area contributed by atoms with Gasteiger partial charge in [0.05, 0.1) is 25.9 Å². The molecule has 0 saturated carbocycles. The lowest BCUT2D eigenvalue weighted by Crippen LogP contribution is -2.63. The minimum Gasteiger partial charge on any atom is -0.389 e. The van der Waals surface area contributed by atoms with E-state index < -0.39 is 69.4 Å². The maximum absolute atomic E-state index is 11.6. The second-order valence-electron chi connectivity index (χ2n) is 14.6. The summed E-state index contributed by atoms with van der Waals surface area (Å²) in [6.45, 7) is 20.1. The zero-order chi connectivity index (χ0) is 33.9. The lowest BCUT2D eigenvalue weighted by Gasteiger charge is -2.49. The van der Waals surface area contributed by atoms with Gasteiger partial charge < -0.3 is 42.7 Å². The highest BCUT2D eigenvalue weighted by Crippen LogP contribution is 2.47. The number of benzene rings is 2. The summed E-state index contributed by atoms with van der Waals surface area (Å²) in [6, 6.07) is 19.7. The molecule has 10 heteroatoms. The van der Waals surface area contributed by atoms with Crippen molar-refractivity contribution >= 4 is 8.32 Å². The Balaban J connectivity index is 1.35. The third-order valence-electron chi connectivity index (χ3n) is 9.89. The highest BCUT2D eigenvalue weighted by Gasteiger charge is 2.59. The van der Waals surface area contributed by atoms with Crippen molar-refractivity contribution in [2.45, 2.75) is 153 Å². The Morgan fingerprint density at radius 2 is 1.30 bits per heavy atom. The van der Waals surface area contributed by atoms with Gasteiger partial charge in [0.25, 0.3) is 0 Å². The normalized spacial score (nSPS) is 32.7. The molecule has 4 unspecified atom stereocenters. The van der Waals surface area contributed by atoms with E-state index in [9.17, 15) is 5.11 Å². The Hall–Kier alpha value is -1.70. The topological polar surface area (TPSA) is 94.1 Å². The largest absolute Gasteiger partial charge is 0.389 e. The van der Waals surface area contributed by atoms with Gasteiger partial charge in [0.2, 0.25) is 8.32 Å². The van der Waals surface area contributed by atoms with Crippen LogP contribution >= 0.6 is 0 Å². The molecule has 262 valence electrons. The van der Waals surface area contributed by atoms with Gasteiger partial charge >= 0.3 is 0 Å². The molecular weight excluding hydrogens is 616 g/mol. The van der Waals surface area contributed by atoms with Gasteiger partial charge in [0.15, 0.2) is 18.4 Å². The van der Waals surface area contributed by atoms with E-state index in [1.165, 1.54) is 0 Å². The summed E-state index contributed by atoms with van der Waals surface area (Å²) < 4.78 is 52.3. The number of fused-ring (bicyclic) bond motifs is 1. The molecule has 3 aliphatic rings. The number of hydrogen-bond donors (Lipinski definition) is 1. The third kappa shape index (κ3) is 8.20. The van der Waals surface area contributed by atoms with Gasteiger partial charge in [0, 0.05) is 0 Å². The van der Waals surface area contributed by atoms with Crippen LogP contribution in [0.5, 0.6) is 0 Å². The number of ether oxygens (including phenoxy) is 7. The molecule has 3 aliphatic heterocycles. The van der Waals surface area contributed by atoms with Crippen LogP contribution in [0.4, 0.5) is 0 Å².